The number of aromatic nitrogens is 3. The van der Waals surface area contributed by atoms with Gasteiger partial charge in [0.2, 0.25) is 5.91 Å². The van der Waals surface area contributed by atoms with E-state index in [4.69, 9.17) is 14.5 Å². The number of hydrogen-bond donors (Lipinski definition) is 3. The molecule has 64 heavy (non-hydrogen) atoms. The minimum atomic E-state index is -3.24. The highest BCUT2D eigenvalue weighted by atomic mass is 19.3. The number of alkyl halides is 2. The lowest BCUT2D eigenvalue weighted by molar-refractivity contribution is -0.139. The van der Waals surface area contributed by atoms with Gasteiger partial charge in [-0.05, 0) is 126 Å². The minimum Gasteiger partial charge on any atom is -0.453 e. The molecular formula is C51H50F2N6O5. The van der Waals surface area contributed by atoms with Gasteiger partial charge in [0.25, 0.3) is 5.92 Å². The van der Waals surface area contributed by atoms with Gasteiger partial charge in [-0.3, -0.25) is 9.69 Å². The number of likely N-dealkylation sites (tertiary alicyclic amines) is 2. The van der Waals surface area contributed by atoms with Gasteiger partial charge in [-0.1, -0.05) is 74.5 Å². The predicted molar refractivity (Wildman–Crippen MR) is 237 cm³/mol. The van der Waals surface area contributed by atoms with Crippen LogP contribution in [0.25, 0.3) is 44.5 Å². The third-order valence-corrected chi connectivity index (χ3v) is 14.6. The molecule has 3 amide bonds. The first-order valence-electron chi connectivity index (χ1n) is 22.4. The summed E-state index contributed by atoms with van der Waals surface area (Å²) in [7, 11) is 1.28. The summed E-state index contributed by atoms with van der Waals surface area (Å²) in [6.45, 7) is 4.64. The summed E-state index contributed by atoms with van der Waals surface area (Å²) in [5.74, 6) is -2.63. The van der Waals surface area contributed by atoms with Crippen LogP contribution in [0.1, 0.15) is 92.7 Å². The summed E-state index contributed by atoms with van der Waals surface area (Å²) in [4.78, 5) is 55.4. The number of fused-ring (bicyclic) bond motifs is 6. The maximum absolute atomic E-state index is 16.7. The van der Waals surface area contributed by atoms with E-state index in [1.165, 1.54) is 7.11 Å². The number of amides is 3. The molecule has 6 aromatic rings. The Balaban J connectivity index is 0.832. The number of hydrogen-bond acceptors (Lipinski definition) is 6. The zero-order valence-electron chi connectivity index (χ0n) is 36.0. The number of nitrogens with one attached hydrogen (secondary N) is 3. The third-order valence-electron chi connectivity index (χ3n) is 14.6. The molecule has 2 aliphatic heterocycles. The van der Waals surface area contributed by atoms with Gasteiger partial charge in [-0.15, -0.1) is 0 Å². The minimum absolute atomic E-state index is 0.0441. The molecule has 328 valence electrons. The number of benzene rings is 4. The Labute approximate surface area is 369 Å². The van der Waals surface area contributed by atoms with E-state index in [0.29, 0.717) is 40.3 Å². The van der Waals surface area contributed by atoms with Crippen molar-refractivity contribution in [3.8, 4) is 33.5 Å². The van der Waals surface area contributed by atoms with Gasteiger partial charge in [0.05, 0.1) is 30.2 Å². The van der Waals surface area contributed by atoms with Crippen molar-refractivity contribution in [2.75, 3.05) is 13.7 Å². The topological polar surface area (TPSA) is 133 Å². The third kappa shape index (κ3) is 6.73. The van der Waals surface area contributed by atoms with Crippen LogP contribution in [-0.2, 0) is 26.8 Å². The Kier molecular flexibility index (Phi) is 9.48. The highest BCUT2D eigenvalue weighted by Crippen LogP contribution is 2.59. The molecule has 2 unspecified atom stereocenters. The summed E-state index contributed by atoms with van der Waals surface area (Å²) in [5, 5.41) is 2.74. The van der Waals surface area contributed by atoms with Crippen molar-refractivity contribution in [1.29, 1.82) is 0 Å². The van der Waals surface area contributed by atoms with Crippen molar-refractivity contribution in [1.82, 2.24) is 30.1 Å². The van der Waals surface area contributed by atoms with E-state index >= 15 is 8.78 Å². The van der Waals surface area contributed by atoms with Crippen LogP contribution < -0.4 is 5.32 Å². The lowest BCUT2D eigenvalue weighted by Crippen LogP contribution is -2.54. The molecule has 11 nitrogen and oxygen atoms in total. The second-order valence-corrected chi connectivity index (χ2v) is 18.9. The Morgan fingerprint density at radius 2 is 1.59 bits per heavy atom. The fraction of sp³-hybridized carbons (Fsp3) is 0.373. The van der Waals surface area contributed by atoms with Gasteiger partial charge in [0, 0.05) is 35.1 Å². The molecule has 11 rings (SSSR count). The molecule has 4 heterocycles. The summed E-state index contributed by atoms with van der Waals surface area (Å²) in [6.07, 6.45) is 4.73. The average Bonchev–Trinajstić information content (AvgIpc) is 3.96. The van der Waals surface area contributed by atoms with Gasteiger partial charge in [-0.25, -0.2) is 14.6 Å². The van der Waals surface area contributed by atoms with E-state index in [1.807, 2.05) is 96.4 Å². The number of ether oxygens (including phenoxy) is 2. The number of aromatic amines is 2. The molecule has 3 N–H and O–H groups in total. The molecule has 2 saturated carbocycles. The molecule has 4 fully saturated rings. The normalized spacial score (nSPS) is 22.5. The molecule has 5 aliphatic rings. The summed E-state index contributed by atoms with van der Waals surface area (Å²) >= 11 is 0. The van der Waals surface area contributed by atoms with Crippen LogP contribution in [0.15, 0.2) is 97.1 Å². The maximum atomic E-state index is 16.7. The lowest BCUT2D eigenvalue weighted by Gasteiger charge is -2.37. The first-order chi connectivity index (χ1) is 30.9. The number of imidazole rings is 1. The lowest BCUT2D eigenvalue weighted by atomic mass is 9.95. The van der Waals surface area contributed by atoms with Gasteiger partial charge in [0.1, 0.15) is 18.5 Å². The molecule has 13 heteroatoms. The number of rotatable bonds is 9. The molecule has 0 radical (unpaired) electrons. The van der Waals surface area contributed by atoms with Crippen LogP contribution in [0.3, 0.4) is 0 Å². The van der Waals surface area contributed by atoms with Gasteiger partial charge in [-0.2, -0.15) is 8.78 Å². The van der Waals surface area contributed by atoms with Crippen LogP contribution >= 0.6 is 0 Å². The monoisotopic (exact) mass is 864 g/mol. The van der Waals surface area contributed by atoms with E-state index in [2.05, 4.69) is 15.3 Å². The highest BCUT2D eigenvalue weighted by molar-refractivity contribution is 5.89. The number of carbonyl (C=O) groups is 3. The first kappa shape index (κ1) is 40.3. The molecule has 2 saturated heterocycles. The number of piperidine rings is 1. The van der Waals surface area contributed by atoms with Crippen LogP contribution in [0.5, 0.6) is 0 Å². The van der Waals surface area contributed by atoms with Gasteiger partial charge >= 0.3 is 12.2 Å². The smallest absolute Gasteiger partial charge is 0.410 e. The van der Waals surface area contributed by atoms with E-state index in [0.717, 1.165) is 66.4 Å². The zero-order valence-corrected chi connectivity index (χ0v) is 36.0. The summed E-state index contributed by atoms with van der Waals surface area (Å²) < 4.78 is 43.9. The van der Waals surface area contributed by atoms with E-state index < -0.39 is 18.1 Å². The zero-order chi connectivity index (χ0) is 44.1. The summed E-state index contributed by atoms with van der Waals surface area (Å²) in [6, 6.07) is 28.6. The average molecular weight is 865 g/mol. The molecule has 5 atom stereocenters. The predicted octanol–water partition coefficient (Wildman–Crippen LogP) is 10.6. The number of methoxy groups -OCH3 is 1. The van der Waals surface area contributed by atoms with Crippen LogP contribution in [0.2, 0.25) is 0 Å². The Morgan fingerprint density at radius 1 is 0.875 bits per heavy atom. The molecule has 2 aromatic heterocycles. The first-order valence-corrected chi connectivity index (χ1v) is 22.4. The van der Waals surface area contributed by atoms with Crippen molar-refractivity contribution < 1.29 is 32.6 Å². The van der Waals surface area contributed by atoms with Crippen LogP contribution in [0.4, 0.5) is 18.4 Å². The number of carbonyl (C=O) groups excluding carboxylic acids is 3. The summed E-state index contributed by atoms with van der Waals surface area (Å²) in [5.41, 5.74) is 7.05. The van der Waals surface area contributed by atoms with Gasteiger partial charge < -0.3 is 29.7 Å². The molecule has 3 aliphatic carbocycles. The van der Waals surface area contributed by atoms with Gasteiger partial charge in [0.15, 0.2) is 0 Å². The van der Waals surface area contributed by atoms with Crippen molar-refractivity contribution in [3.05, 3.63) is 125 Å². The Hall–Kier alpha value is -6.50. The van der Waals surface area contributed by atoms with E-state index in [9.17, 15) is 14.4 Å². The van der Waals surface area contributed by atoms with E-state index in [1.54, 1.807) is 24.3 Å². The highest BCUT2D eigenvalue weighted by Gasteiger charge is 2.55. The maximum Gasteiger partial charge on any atom is 0.410 e. The number of nitrogens with zero attached hydrogens (tertiary/aromatic N) is 3. The van der Waals surface area contributed by atoms with Crippen molar-refractivity contribution in [2.24, 2.45) is 17.3 Å². The Bertz CT molecular complexity index is 2830. The Morgan fingerprint density at radius 3 is 2.33 bits per heavy atom. The van der Waals surface area contributed by atoms with Crippen molar-refractivity contribution >= 4 is 29.1 Å². The molecular weight excluding hydrogens is 815 g/mol. The molecule has 4 aromatic carbocycles. The quantitative estimate of drug-likeness (QED) is 0.133. The van der Waals surface area contributed by atoms with Crippen LogP contribution in [-0.4, -0.2) is 68.6 Å². The fourth-order valence-electron chi connectivity index (χ4n) is 11.1. The van der Waals surface area contributed by atoms with Crippen molar-refractivity contribution in [2.45, 2.75) is 89.1 Å². The number of H-pyrrole nitrogens is 2. The standard InChI is InChI=1S/C51H50F2N6O5/c1-28(2)44(57-48(61)63-3)47(60)59-34-13-9-33(21-34)45(59)46-55-40-16-12-31(24-42(40)56-46)30-10-14-35-36-15-11-32(23-38(36)51(52,53)37(35)22-30)39-17-18-41(54-39)43-25-50(19-20-50)27-58(43)49(62)64-26-29-7-5-4-6-8-29/h4-8,10-12,14-18,22-24,28,33-34,43-45,54H,9,13,19-21,25-27H2,1-3H3,(H,55,56)(H,57,61)/t33?,34?,43-,44+,45-/m0/s1. The fourth-order valence-corrected chi connectivity index (χ4v) is 11.1. The second-order valence-electron chi connectivity index (χ2n) is 18.9. The van der Waals surface area contributed by atoms with Crippen LogP contribution in [0, 0.1) is 17.3 Å². The largest absolute Gasteiger partial charge is 0.453 e. The number of halogens is 2. The van der Waals surface area contributed by atoms with Crippen molar-refractivity contribution in [3.63, 3.8) is 0 Å². The molecule has 2 bridgehead atoms. The molecule has 1 spiro atoms. The van der Waals surface area contributed by atoms with E-state index in [-0.39, 0.29) is 65.1 Å². The number of alkyl carbamates (subject to hydrolysis) is 1. The SMILES string of the molecule is COC(=O)N[C@@H](C(=O)N1C2CCC(C2)[C@H]1c1nc2ccc(-c3ccc4c(c3)C(F)(F)c3cc(-c5ccc([C@@H]6CC7(CC7)CN6C(=O)OCc6ccccc6)[nH]5)ccc3-4)cc2[nH]1)C(C)C. The second kappa shape index (κ2) is 15.1.